The molecule has 1 amide bonds. The number of ether oxygens (including phenoxy) is 2. The number of carbonyl (C=O) groups is 1. The number of hydrogen-bond acceptors (Lipinski definition) is 5. The van der Waals surface area contributed by atoms with Crippen LogP contribution in [0.2, 0.25) is 0 Å². The van der Waals surface area contributed by atoms with Crippen molar-refractivity contribution >= 4 is 11.6 Å². The van der Waals surface area contributed by atoms with Crippen LogP contribution in [0.25, 0.3) is 0 Å². The lowest BCUT2D eigenvalue weighted by molar-refractivity contribution is -0.161. The van der Waals surface area contributed by atoms with Crippen molar-refractivity contribution in [2.24, 2.45) is 5.92 Å². The molecule has 0 spiro atoms. The van der Waals surface area contributed by atoms with Crippen LogP contribution in [0.3, 0.4) is 0 Å². The van der Waals surface area contributed by atoms with Gasteiger partial charge in [0.2, 0.25) is 12.7 Å². The van der Waals surface area contributed by atoms with Crippen LogP contribution in [-0.4, -0.2) is 38.0 Å². The molecular formula is C25H34F3N3O3. The average Bonchev–Trinajstić information content (AvgIpc) is 3.28. The molecule has 1 aliphatic heterocycles. The fourth-order valence-electron chi connectivity index (χ4n) is 3.47. The maximum atomic E-state index is 13.7. The molecule has 3 rings (SSSR count). The molecule has 1 aliphatic rings. The number of fused-ring (bicyclic) bond motifs is 1. The predicted octanol–water partition coefficient (Wildman–Crippen LogP) is 5.28. The summed E-state index contributed by atoms with van der Waals surface area (Å²) in [4.78, 5) is 12.7. The monoisotopic (exact) mass is 481 g/mol. The molecule has 0 aromatic heterocycles. The smallest absolute Gasteiger partial charge is 0.407 e. The second kappa shape index (κ2) is 13.1. The lowest BCUT2D eigenvalue weighted by Gasteiger charge is -2.28. The zero-order valence-electron chi connectivity index (χ0n) is 20.0. The van der Waals surface area contributed by atoms with E-state index in [2.05, 4.69) is 16.0 Å². The van der Waals surface area contributed by atoms with Gasteiger partial charge in [-0.2, -0.15) is 13.2 Å². The van der Waals surface area contributed by atoms with Gasteiger partial charge in [-0.25, -0.2) is 0 Å². The SMILES string of the molecule is CC.CC(C)CC(NC(c1ccccc1)C(F)(F)F)C(=O)NCCNc1ccc2c(c1)OCO2. The van der Waals surface area contributed by atoms with Gasteiger partial charge >= 0.3 is 6.18 Å². The van der Waals surface area contributed by atoms with E-state index in [1.54, 1.807) is 30.3 Å². The van der Waals surface area contributed by atoms with Crippen molar-refractivity contribution in [3.63, 3.8) is 0 Å². The molecule has 0 radical (unpaired) electrons. The molecule has 1 heterocycles. The summed E-state index contributed by atoms with van der Waals surface area (Å²) in [6.45, 7) is 8.58. The number of hydrogen-bond donors (Lipinski definition) is 3. The number of amides is 1. The Kier molecular flexibility index (Phi) is 10.5. The molecule has 34 heavy (non-hydrogen) atoms. The quantitative estimate of drug-likeness (QED) is 0.403. The van der Waals surface area contributed by atoms with Crippen LogP contribution in [0.5, 0.6) is 11.5 Å². The molecule has 0 fully saturated rings. The van der Waals surface area contributed by atoms with E-state index in [0.29, 0.717) is 18.0 Å². The molecule has 2 unspecified atom stereocenters. The minimum Gasteiger partial charge on any atom is -0.454 e. The highest BCUT2D eigenvalue weighted by Gasteiger charge is 2.42. The third-order valence-electron chi connectivity index (χ3n) is 4.98. The number of benzene rings is 2. The van der Waals surface area contributed by atoms with Gasteiger partial charge in [-0.15, -0.1) is 0 Å². The van der Waals surface area contributed by atoms with E-state index in [-0.39, 0.29) is 31.2 Å². The van der Waals surface area contributed by atoms with Crippen LogP contribution in [0.1, 0.15) is 45.7 Å². The van der Waals surface area contributed by atoms with Crippen LogP contribution in [0.4, 0.5) is 18.9 Å². The number of halogens is 3. The van der Waals surface area contributed by atoms with Gasteiger partial charge in [-0.05, 0) is 30.0 Å². The summed E-state index contributed by atoms with van der Waals surface area (Å²) in [6, 6.07) is 10.1. The fourth-order valence-corrected chi connectivity index (χ4v) is 3.47. The lowest BCUT2D eigenvalue weighted by atomic mass is 9.99. The minimum absolute atomic E-state index is 0.0367. The molecule has 0 bridgehead atoms. The molecule has 188 valence electrons. The topological polar surface area (TPSA) is 71.6 Å². The molecule has 3 N–H and O–H groups in total. The summed E-state index contributed by atoms with van der Waals surface area (Å²) in [7, 11) is 0. The van der Waals surface area contributed by atoms with Crippen LogP contribution >= 0.6 is 0 Å². The first-order valence-electron chi connectivity index (χ1n) is 11.5. The Labute approximate surface area is 199 Å². The molecule has 2 aromatic rings. The van der Waals surface area contributed by atoms with Gasteiger partial charge in [0.15, 0.2) is 11.5 Å². The van der Waals surface area contributed by atoms with Crippen molar-refractivity contribution in [1.82, 2.24) is 10.6 Å². The molecular weight excluding hydrogens is 447 g/mol. The van der Waals surface area contributed by atoms with E-state index in [0.717, 1.165) is 5.69 Å². The summed E-state index contributed by atoms with van der Waals surface area (Å²) < 4.78 is 51.8. The van der Waals surface area contributed by atoms with Gasteiger partial charge < -0.3 is 20.1 Å². The highest BCUT2D eigenvalue weighted by atomic mass is 19.4. The normalized spacial score (nSPS) is 14.1. The maximum absolute atomic E-state index is 13.7. The molecule has 0 aliphatic carbocycles. The second-order valence-electron chi connectivity index (χ2n) is 8.02. The molecule has 0 saturated heterocycles. The minimum atomic E-state index is -4.53. The van der Waals surface area contributed by atoms with Crippen molar-refractivity contribution in [2.45, 2.75) is 52.4 Å². The number of alkyl halides is 3. The van der Waals surface area contributed by atoms with Gasteiger partial charge in [0.1, 0.15) is 6.04 Å². The molecule has 6 nitrogen and oxygen atoms in total. The average molecular weight is 482 g/mol. The summed E-state index contributed by atoms with van der Waals surface area (Å²) in [5.74, 6) is 0.884. The van der Waals surface area contributed by atoms with E-state index in [4.69, 9.17) is 9.47 Å². The Morgan fingerprint density at radius 2 is 1.68 bits per heavy atom. The summed E-state index contributed by atoms with van der Waals surface area (Å²) in [6.07, 6.45) is -4.25. The summed E-state index contributed by atoms with van der Waals surface area (Å²) >= 11 is 0. The highest BCUT2D eigenvalue weighted by molar-refractivity contribution is 5.81. The number of carbonyl (C=O) groups excluding carboxylic acids is 1. The molecule has 2 atom stereocenters. The maximum Gasteiger partial charge on any atom is 0.407 e. The van der Waals surface area contributed by atoms with Crippen molar-refractivity contribution in [3.8, 4) is 11.5 Å². The first kappa shape index (κ1) is 27.3. The molecule has 0 saturated carbocycles. The molecule has 2 aromatic carbocycles. The van der Waals surface area contributed by atoms with Gasteiger partial charge in [0.05, 0.1) is 6.04 Å². The van der Waals surface area contributed by atoms with Crippen LogP contribution in [-0.2, 0) is 4.79 Å². The third kappa shape index (κ3) is 8.13. The van der Waals surface area contributed by atoms with E-state index in [9.17, 15) is 18.0 Å². The van der Waals surface area contributed by atoms with Crippen LogP contribution in [0, 0.1) is 5.92 Å². The highest BCUT2D eigenvalue weighted by Crippen LogP contribution is 2.34. The standard InChI is InChI=1S/C23H28F3N3O3.C2H6/c1-15(2)12-18(29-21(23(24,25)26)16-6-4-3-5-7-16)22(30)28-11-10-27-17-8-9-19-20(13-17)32-14-31-19;1-2/h3-9,13,15,18,21,27,29H,10-12,14H2,1-2H3,(H,28,30);1-2H3. The van der Waals surface area contributed by atoms with E-state index in [1.165, 1.54) is 12.1 Å². The van der Waals surface area contributed by atoms with E-state index < -0.39 is 24.2 Å². The van der Waals surface area contributed by atoms with Crippen LogP contribution in [0.15, 0.2) is 48.5 Å². The van der Waals surface area contributed by atoms with Crippen molar-refractivity contribution in [2.75, 3.05) is 25.2 Å². The zero-order chi connectivity index (χ0) is 25.1. The first-order valence-corrected chi connectivity index (χ1v) is 11.5. The van der Waals surface area contributed by atoms with Gasteiger partial charge in [0, 0.05) is 24.8 Å². The third-order valence-corrected chi connectivity index (χ3v) is 4.98. The zero-order valence-corrected chi connectivity index (χ0v) is 20.0. The van der Waals surface area contributed by atoms with Crippen molar-refractivity contribution in [3.05, 3.63) is 54.1 Å². The Morgan fingerprint density at radius 3 is 2.32 bits per heavy atom. The predicted molar refractivity (Wildman–Crippen MR) is 127 cm³/mol. The van der Waals surface area contributed by atoms with Crippen molar-refractivity contribution in [1.29, 1.82) is 0 Å². The van der Waals surface area contributed by atoms with Gasteiger partial charge in [0.25, 0.3) is 0 Å². The fraction of sp³-hybridized carbons (Fsp3) is 0.480. The number of rotatable bonds is 10. The second-order valence-corrected chi connectivity index (χ2v) is 8.02. The lowest BCUT2D eigenvalue weighted by Crippen LogP contribution is -2.50. The summed E-state index contributed by atoms with van der Waals surface area (Å²) in [5.41, 5.74) is 0.868. The van der Waals surface area contributed by atoms with E-state index >= 15 is 0 Å². The summed E-state index contributed by atoms with van der Waals surface area (Å²) in [5, 5.41) is 8.42. The Morgan fingerprint density at radius 1 is 1.00 bits per heavy atom. The number of nitrogens with one attached hydrogen (secondary N) is 3. The van der Waals surface area contributed by atoms with Crippen LogP contribution < -0.4 is 25.4 Å². The Bertz CT molecular complexity index is 892. The van der Waals surface area contributed by atoms with E-state index in [1.807, 2.05) is 33.8 Å². The molecule has 9 heteroatoms. The van der Waals surface area contributed by atoms with Gasteiger partial charge in [-0.1, -0.05) is 58.0 Å². The Balaban J connectivity index is 0.00000199. The largest absolute Gasteiger partial charge is 0.454 e. The Hall–Kier alpha value is -2.94. The first-order chi connectivity index (χ1) is 16.2. The van der Waals surface area contributed by atoms with Gasteiger partial charge in [-0.3, -0.25) is 10.1 Å². The van der Waals surface area contributed by atoms with Crippen molar-refractivity contribution < 1.29 is 27.4 Å². The number of anilines is 1.